The van der Waals surface area contributed by atoms with E-state index < -0.39 is 18.4 Å². The van der Waals surface area contributed by atoms with Crippen molar-refractivity contribution in [3.05, 3.63) is 35.7 Å². The second kappa shape index (κ2) is 8.08. The molecule has 0 aliphatic heterocycles. The Hall–Kier alpha value is -2.18. The van der Waals surface area contributed by atoms with Gasteiger partial charge in [0.2, 0.25) is 17.5 Å². The van der Waals surface area contributed by atoms with Gasteiger partial charge in [-0.3, -0.25) is 4.79 Å². The molecule has 0 aliphatic rings. The first-order valence-electron chi connectivity index (χ1n) is 7.86. The predicted octanol–water partition coefficient (Wildman–Crippen LogP) is 4.67. The minimum atomic E-state index is -4.71. The van der Waals surface area contributed by atoms with Crippen LogP contribution in [0.15, 0.2) is 28.8 Å². The van der Waals surface area contributed by atoms with E-state index in [2.05, 4.69) is 10.1 Å². The summed E-state index contributed by atoms with van der Waals surface area (Å²) in [5.74, 6) is -0.611. The molecule has 4 nitrogen and oxygen atoms in total. The SMILES string of the molecule is Cc1ccc(-c2noc(CCCCCCC(=O)C(F)(F)F)n2)cc1. The summed E-state index contributed by atoms with van der Waals surface area (Å²) < 4.78 is 41.3. The summed E-state index contributed by atoms with van der Waals surface area (Å²) in [7, 11) is 0. The summed E-state index contributed by atoms with van der Waals surface area (Å²) in [5.41, 5.74) is 2.02. The number of halogens is 3. The molecule has 1 aromatic carbocycles. The number of hydrogen-bond acceptors (Lipinski definition) is 4. The lowest BCUT2D eigenvalue weighted by Gasteiger charge is -2.04. The molecule has 0 unspecified atom stereocenters. The van der Waals surface area contributed by atoms with Crippen molar-refractivity contribution < 1.29 is 22.5 Å². The van der Waals surface area contributed by atoms with Crippen LogP contribution < -0.4 is 0 Å². The van der Waals surface area contributed by atoms with Gasteiger partial charge in [0.25, 0.3) is 0 Å². The zero-order chi connectivity index (χ0) is 17.6. The number of unbranched alkanes of at least 4 members (excludes halogenated alkanes) is 3. The van der Waals surface area contributed by atoms with Crippen LogP contribution in [0.25, 0.3) is 11.4 Å². The third kappa shape index (κ3) is 5.47. The van der Waals surface area contributed by atoms with Crippen molar-refractivity contribution >= 4 is 5.78 Å². The first-order valence-corrected chi connectivity index (χ1v) is 7.86. The molecule has 0 saturated heterocycles. The van der Waals surface area contributed by atoms with Crippen LogP contribution in [0, 0.1) is 6.92 Å². The Morgan fingerprint density at radius 2 is 1.75 bits per heavy atom. The predicted molar refractivity (Wildman–Crippen MR) is 82.3 cm³/mol. The molecule has 2 aromatic rings. The number of ketones is 1. The minimum Gasteiger partial charge on any atom is -0.339 e. The molecule has 0 N–H and O–H groups in total. The van der Waals surface area contributed by atoms with Crippen LogP contribution in [-0.4, -0.2) is 22.1 Å². The highest BCUT2D eigenvalue weighted by Crippen LogP contribution is 2.20. The van der Waals surface area contributed by atoms with Gasteiger partial charge in [-0.05, 0) is 19.8 Å². The maximum Gasteiger partial charge on any atom is 0.449 e. The van der Waals surface area contributed by atoms with E-state index in [0.717, 1.165) is 17.5 Å². The summed E-state index contributed by atoms with van der Waals surface area (Å²) in [4.78, 5) is 15.0. The van der Waals surface area contributed by atoms with Crippen LogP contribution in [0.4, 0.5) is 13.2 Å². The Morgan fingerprint density at radius 3 is 2.42 bits per heavy atom. The van der Waals surface area contributed by atoms with Crippen LogP contribution in [0.3, 0.4) is 0 Å². The molecule has 0 fully saturated rings. The number of carbonyl (C=O) groups excluding carboxylic acids is 1. The number of alkyl halides is 3. The monoisotopic (exact) mass is 340 g/mol. The van der Waals surface area contributed by atoms with E-state index in [-0.39, 0.29) is 6.42 Å². The largest absolute Gasteiger partial charge is 0.449 e. The number of hydrogen-bond donors (Lipinski definition) is 0. The zero-order valence-corrected chi connectivity index (χ0v) is 13.4. The quantitative estimate of drug-likeness (QED) is 0.655. The molecular weight excluding hydrogens is 321 g/mol. The number of benzene rings is 1. The number of aromatic nitrogens is 2. The van der Waals surface area contributed by atoms with Gasteiger partial charge < -0.3 is 4.52 Å². The Morgan fingerprint density at radius 1 is 1.08 bits per heavy atom. The van der Waals surface area contributed by atoms with Gasteiger partial charge in [-0.15, -0.1) is 0 Å². The molecule has 1 heterocycles. The first-order chi connectivity index (χ1) is 11.4. The summed E-state index contributed by atoms with van der Waals surface area (Å²) >= 11 is 0. The highest BCUT2D eigenvalue weighted by molar-refractivity contribution is 5.83. The van der Waals surface area contributed by atoms with Gasteiger partial charge in [0.1, 0.15) is 0 Å². The first kappa shape index (κ1) is 18.2. The van der Waals surface area contributed by atoms with Crippen molar-refractivity contribution in [2.75, 3.05) is 0 Å². The lowest BCUT2D eigenvalue weighted by atomic mass is 10.1. The van der Waals surface area contributed by atoms with Gasteiger partial charge in [0, 0.05) is 18.4 Å². The van der Waals surface area contributed by atoms with Gasteiger partial charge in [-0.25, -0.2) is 0 Å². The number of nitrogens with zero attached hydrogens (tertiary/aromatic N) is 2. The van der Waals surface area contributed by atoms with E-state index in [0.29, 0.717) is 31.0 Å². The lowest BCUT2D eigenvalue weighted by molar-refractivity contribution is -0.171. The van der Waals surface area contributed by atoms with Crippen LogP contribution in [-0.2, 0) is 11.2 Å². The van der Waals surface area contributed by atoms with Crippen molar-refractivity contribution in [2.45, 2.75) is 51.6 Å². The van der Waals surface area contributed by atoms with E-state index in [9.17, 15) is 18.0 Å². The molecule has 0 saturated carbocycles. The molecule has 1 aromatic heterocycles. The maximum atomic E-state index is 12.0. The Balaban J connectivity index is 1.69. The fraction of sp³-hybridized carbons (Fsp3) is 0.471. The average molecular weight is 340 g/mol. The second-order valence-corrected chi connectivity index (χ2v) is 5.71. The number of aryl methyl sites for hydroxylation is 2. The standard InChI is InChI=1S/C17H19F3N2O2/c1-12-8-10-13(11-9-12)16-21-15(24-22-16)7-5-3-2-4-6-14(23)17(18,19)20/h8-11H,2-7H2,1H3. The van der Waals surface area contributed by atoms with Crippen molar-refractivity contribution in [1.82, 2.24) is 10.1 Å². The Kier molecular flexibility index (Phi) is 6.11. The van der Waals surface area contributed by atoms with Crippen LogP contribution >= 0.6 is 0 Å². The third-order valence-corrected chi connectivity index (χ3v) is 3.64. The van der Waals surface area contributed by atoms with Gasteiger partial charge in [-0.1, -0.05) is 47.8 Å². The lowest BCUT2D eigenvalue weighted by Crippen LogP contribution is -2.22. The third-order valence-electron chi connectivity index (χ3n) is 3.64. The molecular formula is C17H19F3N2O2. The van der Waals surface area contributed by atoms with Crippen LogP contribution in [0.5, 0.6) is 0 Å². The molecule has 0 spiro atoms. The molecule has 2 rings (SSSR count). The number of carbonyl (C=O) groups is 1. The van der Waals surface area contributed by atoms with Crippen molar-refractivity contribution in [2.24, 2.45) is 0 Å². The number of Topliss-reactive ketones (excluding diaryl/α,β-unsaturated/α-hetero) is 1. The average Bonchev–Trinajstić information content (AvgIpc) is 2.99. The summed E-state index contributed by atoms with van der Waals surface area (Å²) in [6, 6.07) is 7.77. The van der Waals surface area contributed by atoms with Gasteiger partial charge >= 0.3 is 6.18 Å². The highest BCUT2D eigenvalue weighted by atomic mass is 19.4. The Labute approximate surface area is 138 Å². The van der Waals surface area contributed by atoms with Crippen LogP contribution in [0.1, 0.15) is 43.6 Å². The van der Waals surface area contributed by atoms with Gasteiger partial charge in [0.15, 0.2) is 0 Å². The smallest absolute Gasteiger partial charge is 0.339 e. The molecule has 0 amide bonds. The van der Waals surface area contributed by atoms with Crippen molar-refractivity contribution in [3.63, 3.8) is 0 Å². The van der Waals surface area contributed by atoms with Gasteiger partial charge in [-0.2, -0.15) is 18.2 Å². The van der Waals surface area contributed by atoms with Gasteiger partial charge in [0.05, 0.1) is 0 Å². The van der Waals surface area contributed by atoms with E-state index in [1.165, 1.54) is 0 Å². The molecule has 0 aliphatic carbocycles. The highest BCUT2D eigenvalue weighted by Gasteiger charge is 2.36. The summed E-state index contributed by atoms with van der Waals surface area (Å²) in [6.45, 7) is 1.99. The normalized spacial score (nSPS) is 11.7. The number of rotatable bonds is 8. The van der Waals surface area contributed by atoms with E-state index in [1.54, 1.807) is 0 Å². The molecule has 130 valence electrons. The Bertz CT molecular complexity index is 663. The van der Waals surface area contributed by atoms with Crippen molar-refractivity contribution in [1.29, 1.82) is 0 Å². The molecule has 0 atom stereocenters. The topological polar surface area (TPSA) is 56.0 Å². The van der Waals surface area contributed by atoms with E-state index in [1.807, 2.05) is 31.2 Å². The maximum absolute atomic E-state index is 12.0. The van der Waals surface area contributed by atoms with Crippen molar-refractivity contribution in [3.8, 4) is 11.4 Å². The van der Waals surface area contributed by atoms with E-state index in [4.69, 9.17) is 4.52 Å². The molecule has 24 heavy (non-hydrogen) atoms. The molecule has 0 bridgehead atoms. The minimum absolute atomic E-state index is 0.247. The fourth-order valence-electron chi connectivity index (χ4n) is 2.23. The van der Waals surface area contributed by atoms with Crippen LogP contribution in [0.2, 0.25) is 0 Å². The summed E-state index contributed by atoms with van der Waals surface area (Å²) in [6.07, 6.45) is -2.31. The summed E-state index contributed by atoms with van der Waals surface area (Å²) in [5, 5.41) is 3.93. The fourth-order valence-corrected chi connectivity index (χ4v) is 2.23. The van der Waals surface area contributed by atoms with E-state index >= 15 is 0 Å². The molecule has 0 radical (unpaired) electrons. The second-order valence-electron chi connectivity index (χ2n) is 5.71. The zero-order valence-electron chi connectivity index (χ0n) is 13.4. The molecule has 7 heteroatoms.